The molecule has 1 aromatic carbocycles. The van der Waals surface area contributed by atoms with Crippen LogP contribution < -0.4 is 10.1 Å². The highest BCUT2D eigenvalue weighted by atomic mass is 19.4. The van der Waals surface area contributed by atoms with Crippen molar-refractivity contribution in [2.45, 2.75) is 32.5 Å². The fourth-order valence-electron chi connectivity index (χ4n) is 2.76. The van der Waals surface area contributed by atoms with Gasteiger partial charge in [0.1, 0.15) is 11.4 Å². The van der Waals surface area contributed by atoms with Crippen LogP contribution in [-0.2, 0) is 11.0 Å². The number of aromatic nitrogens is 1. The zero-order valence-corrected chi connectivity index (χ0v) is 17.2. The van der Waals surface area contributed by atoms with Crippen molar-refractivity contribution in [3.8, 4) is 5.75 Å². The van der Waals surface area contributed by atoms with E-state index in [4.69, 9.17) is 4.74 Å². The van der Waals surface area contributed by atoms with E-state index in [1.54, 1.807) is 38.4 Å². The van der Waals surface area contributed by atoms with E-state index in [9.17, 15) is 22.8 Å². The maximum absolute atomic E-state index is 12.8. The van der Waals surface area contributed by atoms with Gasteiger partial charge in [0.05, 0.1) is 17.3 Å². The molecule has 0 fully saturated rings. The van der Waals surface area contributed by atoms with Crippen LogP contribution in [0.2, 0.25) is 0 Å². The number of para-hydroxylation sites is 1. The molecule has 0 aliphatic heterocycles. The van der Waals surface area contributed by atoms with Crippen LogP contribution >= 0.6 is 0 Å². The van der Waals surface area contributed by atoms with Crippen LogP contribution in [0.25, 0.3) is 0 Å². The van der Waals surface area contributed by atoms with Crippen molar-refractivity contribution in [2.75, 3.05) is 20.7 Å². The highest BCUT2D eigenvalue weighted by molar-refractivity contribution is 5.95. The first-order valence-corrected chi connectivity index (χ1v) is 9.32. The Kier molecular flexibility index (Phi) is 7.42. The van der Waals surface area contributed by atoms with Crippen LogP contribution in [-0.4, -0.2) is 42.4 Å². The molecule has 0 radical (unpaired) electrons. The van der Waals surface area contributed by atoms with E-state index in [2.05, 4.69) is 10.3 Å². The number of pyridine rings is 1. The number of amides is 2. The molecule has 30 heavy (non-hydrogen) atoms. The molecular weight excluding hydrogens is 399 g/mol. The molecule has 1 atom stereocenters. The maximum Gasteiger partial charge on any atom is 0.433 e. The number of hydrogen-bond donors (Lipinski definition) is 1. The SMILES string of the molecule is CCC(NC(=O)c1ccc(C(F)(F)F)nc1C)c1ccccc1OCC(=O)N(C)C. The molecule has 9 heteroatoms. The smallest absolute Gasteiger partial charge is 0.433 e. The van der Waals surface area contributed by atoms with Gasteiger partial charge in [-0.1, -0.05) is 25.1 Å². The van der Waals surface area contributed by atoms with Gasteiger partial charge in [0.15, 0.2) is 6.61 Å². The Morgan fingerprint density at radius 1 is 1.17 bits per heavy atom. The van der Waals surface area contributed by atoms with Crippen LogP contribution in [0.3, 0.4) is 0 Å². The first kappa shape index (κ1) is 23.2. The lowest BCUT2D eigenvalue weighted by molar-refractivity contribution is -0.141. The second-order valence-corrected chi connectivity index (χ2v) is 6.88. The van der Waals surface area contributed by atoms with E-state index in [-0.39, 0.29) is 23.8 Å². The summed E-state index contributed by atoms with van der Waals surface area (Å²) in [6.07, 6.45) is -4.08. The summed E-state index contributed by atoms with van der Waals surface area (Å²) in [7, 11) is 3.24. The molecule has 1 heterocycles. The van der Waals surface area contributed by atoms with E-state index in [1.165, 1.54) is 11.8 Å². The Hall–Kier alpha value is -3.10. The second-order valence-electron chi connectivity index (χ2n) is 6.88. The minimum absolute atomic E-state index is 0.0155. The molecule has 0 saturated carbocycles. The molecule has 1 N–H and O–H groups in total. The largest absolute Gasteiger partial charge is 0.483 e. The van der Waals surface area contributed by atoms with E-state index in [0.29, 0.717) is 17.7 Å². The van der Waals surface area contributed by atoms with Crippen LogP contribution in [0.15, 0.2) is 36.4 Å². The number of carbonyl (C=O) groups is 2. The summed E-state index contributed by atoms with van der Waals surface area (Å²) in [6, 6.07) is 8.41. The van der Waals surface area contributed by atoms with Crippen LogP contribution in [0.1, 0.15) is 46.7 Å². The summed E-state index contributed by atoms with van der Waals surface area (Å²) < 4.78 is 44.0. The van der Waals surface area contributed by atoms with Gasteiger partial charge in [0.25, 0.3) is 11.8 Å². The highest BCUT2D eigenvalue weighted by Crippen LogP contribution is 2.29. The molecule has 2 aromatic rings. The molecule has 0 aliphatic carbocycles. The minimum Gasteiger partial charge on any atom is -0.483 e. The predicted molar refractivity (Wildman–Crippen MR) is 105 cm³/mol. The highest BCUT2D eigenvalue weighted by Gasteiger charge is 2.33. The van der Waals surface area contributed by atoms with Crippen LogP contribution in [0.5, 0.6) is 5.75 Å². The molecule has 0 spiro atoms. The Bertz CT molecular complexity index is 914. The van der Waals surface area contributed by atoms with E-state index >= 15 is 0 Å². The lowest BCUT2D eigenvalue weighted by Crippen LogP contribution is -2.30. The molecular formula is C21H24F3N3O3. The van der Waals surface area contributed by atoms with Crippen molar-refractivity contribution in [3.05, 3.63) is 58.9 Å². The van der Waals surface area contributed by atoms with Crippen molar-refractivity contribution in [2.24, 2.45) is 0 Å². The molecule has 2 rings (SSSR count). The predicted octanol–water partition coefficient (Wildman–Crippen LogP) is 3.76. The number of benzene rings is 1. The van der Waals surface area contributed by atoms with E-state index in [1.807, 2.05) is 6.92 Å². The summed E-state index contributed by atoms with van der Waals surface area (Å²) in [6.45, 7) is 3.05. The number of ether oxygens (including phenoxy) is 1. The number of halogens is 3. The Morgan fingerprint density at radius 2 is 1.83 bits per heavy atom. The number of aryl methyl sites for hydroxylation is 1. The van der Waals surface area contributed by atoms with Gasteiger partial charge in [-0.3, -0.25) is 9.59 Å². The molecule has 0 aliphatic rings. The summed E-state index contributed by atoms with van der Waals surface area (Å²) in [4.78, 5) is 29.4. The van der Waals surface area contributed by atoms with Gasteiger partial charge < -0.3 is 15.0 Å². The average Bonchev–Trinajstić information content (AvgIpc) is 2.69. The third-order valence-electron chi connectivity index (χ3n) is 4.48. The lowest BCUT2D eigenvalue weighted by atomic mass is 10.0. The zero-order valence-electron chi connectivity index (χ0n) is 17.2. The Labute approximate surface area is 173 Å². The zero-order chi connectivity index (χ0) is 22.5. The first-order valence-electron chi connectivity index (χ1n) is 9.32. The molecule has 1 aromatic heterocycles. The quantitative estimate of drug-likeness (QED) is 0.736. The number of alkyl halides is 3. The standard InChI is InChI=1S/C21H24F3N3O3/c1-5-16(15-8-6-7-9-17(15)30-12-19(28)27(3)4)26-20(29)14-10-11-18(21(22,23)24)25-13(14)2/h6-11,16H,5,12H2,1-4H3,(H,26,29). The maximum atomic E-state index is 12.8. The second kappa shape index (κ2) is 9.60. The van der Waals surface area contributed by atoms with Crippen molar-refractivity contribution in [3.63, 3.8) is 0 Å². The van der Waals surface area contributed by atoms with E-state index < -0.39 is 23.8 Å². The fourth-order valence-corrected chi connectivity index (χ4v) is 2.76. The summed E-state index contributed by atoms with van der Waals surface area (Å²) in [5, 5.41) is 2.81. The normalized spacial score (nSPS) is 12.2. The summed E-state index contributed by atoms with van der Waals surface area (Å²) in [5.74, 6) is -0.310. The van der Waals surface area contributed by atoms with Gasteiger partial charge >= 0.3 is 6.18 Å². The van der Waals surface area contributed by atoms with Gasteiger partial charge in [-0.15, -0.1) is 0 Å². The lowest BCUT2D eigenvalue weighted by Gasteiger charge is -2.21. The summed E-state index contributed by atoms with van der Waals surface area (Å²) >= 11 is 0. The Balaban J connectivity index is 2.22. The first-order chi connectivity index (χ1) is 14.0. The Morgan fingerprint density at radius 3 is 2.40 bits per heavy atom. The monoisotopic (exact) mass is 423 g/mol. The topological polar surface area (TPSA) is 71.5 Å². The van der Waals surface area contributed by atoms with Crippen molar-refractivity contribution in [1.29, 1.82) is 0 Å². The third kappa shape index (κ3) is 5.71. The molecule has 162 valence electrons. The number of nitrogens with zero attached hydrogens (tertiary/aromatic N) is 2. The average molecular weight is 423 g/mol. The van der Waals surface area contributed by atoms with Crippen molar-refractivity contribution < 1.29 is 27.5 Å². The molecule has 0 bridgehead atoms. The molecule has 0 saturated heterocycles. The minimum atomic E-state index is -4.58. The van der Waals surface area contributed by atoms with Gasteiger partial charge in [-0.05, 0) is 31.5 Å². The summed E-state index contributed by atoms with van der Waals surface area (Å²) in [5.41, 5.74) is -0.341. The van der Waals surface area contributed by atoms with Gasteiger partial charge in [-0.2, -0.15) is 13.2 Å². The van der Waals surface area contributed by atoms with E-state index in [0.717, 1.165) is 12.1 Å². The van der Waals surface area contributed by atoms with Gasteiger partial charge in [0, 0.05) is 19.7 Å². The number of hydrogen-bond acceptors (Lipinski definition) is 4. The number of likely N-dealkylation sites (N-methyl/N-ethyl adjacent to an activating group) is 1. The number of nitrogens with one attached hydrogen (secondary N) is 1. The van der Waals surface area contributed by atoms with Crippen molar-refractivity contribution >= 4 is 11.8 Å². The number of carbonyl (C=O) groups excluding carboxylic acids is 2. The number of rotatable bonds is 7. The molecule has 1 unspecified atom stereocenters. The van der Waals surface area contributed by atoms with Gasteiger partial charge in [-0.25, -0.2) is 4.98 Å². The third-order valence-corrected chi connectivity index (χ3v) is 4.48. The van der Waals surface area contributed by atoms with Crippen LogP contribution in [0, 0.1) is 6.92 Å². The molecule has 2 amide bonds. The molecule has 6 nitrogen and oxygen atoms in total. The van der Waals surface area contributed by atoms with Crippen molar-refractivity contribution in [1.82, 2.24) is 15.2 Å². The van der Waals surface area contributed by atoms with Crippen LogP contribution in [0.4, 0.5) is 13.2 Å². The fraction of sp³-hybridized carbons (Fsp3) is 0.381. The van der Waals surface area contributed by atoms with Gasteiger partial charge in [0.2, 0.25) is 0 Å².